The van der Waals surface area contributed by atoms with E-state index in [1.54, 1.807) is 38.3 Å². The van der Waals surface area contributed by atoms with Gasteiger partial charge in [-0.3, -0.25) is 9.59 Å². The molecule has 6 nitrogen and oxygen atoms in total. The van der Waals surface area contributed by atoms with E-state index >= 15 is 0 Å². The van der Waals surface area contributed by atoms with Crippen molar-refractivity contribution in [2.24, 2.45) is 0 Å². The second-order valence-corrected chi connectivity index (χ2v) is 6.89. The number of carbonyl (C=O) groups excluding carboxylic acids is 2. The van der Waals surface area contributed by atoms with Crippen LogP contribution >= 0.6 is 0 Å². The summed E-state index contributed by atoms with van der Waals surface area (Å²) < 4.78 is 11.0. The second-order valence-electron chi connectivity index (χ2n) is 6.89. The molecule has 1 saturated heterocycles. The Morgan fingerprint density at radius 1 is 1.15 bits per heavy atom. The van der Waals surface area contributed by atoms with E-state index in [2.05, 4.69) is 5.32 Å². The number of hydrogen-bond donors (Lipinski definition) is 1. The predicted molar refractivity (Wildman–Crippen MR) is 101 cm³/mol. The van der Waals surface area contributed by atoms with E-state index in [0.717, 1.165) is 32.4 Å². The monoisotopic (exact) mass is 362 g/mol. The topological polar surface area (TPSA) is 67.9 Å². The highest BCUT2D eigenvalue weighted by molar-refractivity contribution is 5.97. The number of anilines is 1. The van der Waals surface area contributed by atoms with Crippen LogP contribution in [0.15, 0.2) is 24.3 Å². The lowest BCUT2D eigenvalue weighted by Crippen LogP contribution is -2.41. The van der Waals surface area contributed by atoms with Crippen molar-refractivity contribution in [3.05, 3.63) is 24.3 Å². The quantitative estimate of drug-likeness (QED) is 0.771. The third-order valence-electron chi connectivity index (χ3n) is 4.84. The molecule has 1 fully saturated rings. The molecule has 1 aromatic rings. The molecule has 0 aliphatic carbocycles. The standard InChI is InChI=1S/C20H30N2O4/c1-4-12-20(2,25-3)19(24)21-16-8-10-17(11-9-16)26-15-18(23)22-13-6-5-7-14-22/h8-11H,4-7,12-15H2,1-3H3,(H,21,24)/t20-/m0/s1. The van der Waals surface area contributed by atoms with Gasteiger partial charge in [-0.25, -0.2) is 0 Å². The molecule has 1 heterocycles. The Kier molecular flexibility index (Phi) is 7.45. The third kappa shape index (κ3) is 5.46. The van der Waals surface area contributed by atoms with Gasteiger partial charge in [-0.2, -0.15) is 0 Å². The van der Waals surface area contributed by atoms with Crippen LogP contribution in [0.1, 0.15) is 46.0 Å². The zero-order chi connectivity index (χ0) is 19.0. The number of likely N-dealkylation sites (tertiary alicyclic amines) is 1. The van der Waals surface area contributed by atoms with E-state index in [4.69, 9.17) is 9.47 Å². The van der Waals surface area contributed by atoms with Gasteiger partial charge < -0.3 is 19.7 Å². The SMILES string of the molecule is CCC[C@](C)(OC)C(=O)Nc1ccc(OCC(=O)N2CCCCC2)cc1. The zero-order valence-electron chi connectivity index (χ0n) is 16.0. The average Bonchev–Trinajstić information content (AvgIpc) is 2.68. The van der Waals surface area contributed by atoms with Crippen molar-refractivity contribution in [2.45, 2.75) is 51.6 Å². The third-order valence-corrected chi connectivity index (χ3v) is 4.84. The Labute approximate surface area is 155 Å². The Hall–Kier alpha value is -2.08. The highest BCUT2D eigenvalue weighted by Gasteiger charge is 2.32. The zero-order valence-corrected chi connectivity index (χ0v) is 16.0. The summed E-state index contributed by atoms with van der Waals surface area (Å²) in [5, 5.41) is 2.87. The fourth-order valence-corrected chi connectivity index (χ4v) is 3.06. The summed E-state index contributed by atoms with van der Waals surface area (Å²) in [6.45, 7) is 5.49. The number of nitrogens with one attached hydrogen (secondary N) is 1. The molecule has 26 heavy (non-hydrogen) atoms. The first kappa shape index (κ1) is 20.2. The summed E-state index contributed by atoms with van der Waals surface area (Å²) in [6.07, 6.45) is 4.83. The van der Waals surface area contributed by atoms with E-state index in [1.807, 2.05) is 11.8 Å². The van der Waals surface area contributed by atoms with Crippen molar-refractivity contribution in [3.8, 4) is 5.75 Å². The molecule has 0 radical (unpaired) electrons. The molecular formula is C20H30N2O4. The summed E-state index contributed by atoms with van der Waals surface area (Å²) in [6, 6.07) is 7.04. The van der Waals surface area contributed by atoms with Crippen molar-refractivity contribution in [1.29, 1.82) is 0 Å². The number of nitrogens with zero attached hydrogens (tertiary/aromatic N) is 1. The fourth-order valence-electron chi connectivity index (χ4n) is 3.06. The summed E-state index contributed by atoms with van der Waals surface area (Å²) >= 11 is 0. The first-order valence-corrected chi connectivity index (χ1v) is 9.36. The van der Waals surface area contributed by atoms with Gasteiger partial charge in [-0.15, -0.1) is 0 Å². The number of ether oxygens (including phenoxy) is 2. The normalized spacial score (nSPS) is 16.7. The number of piperidine rings is 1. The minimum Gasteiger partial charge on any atom is -0.484 e. The Morgan fingerprint density at radius 2 is 1.81 bits per heavy atom. The lowest BCUT2D eigenvalue weighted by molar-refractivity contribution is -0.136. The Balaban J connectivity index is 1.85. The van der Waals surface area contributed by atoms with Gasteiger partial charge in [0.15, 0.2) is 6.61 Å². The van der Waals surface area contributed by atoms with Gasteiger partial charge in [0.1, 0.15) is 11.4 Å². The molecule has 0 spiro atoms. The van der Waals surface area contributed by atoms with Crippen LogP contribution in [-0.4, -0.2) is 49.1 Å². The van der Waals surface area contributed by atoms with Gasteiger partial charge in [0, 0.05) is 25.9 Å². The van der Waals surface area contributed by atoms with Crippen molar-refractivity contribution < 1.29 is 19.1 Å². The van der Waals surface area contributed by atoms with E-state index < -0.39 is 5.60 Å². The number of amides is 2. The first-order valence-electron chi connectivity index (χ1n) is 9.36. The number of benzene rings is 1. The molecule has 1 aliphatic heterocycles. The van der Waals surface area contributed by atoms with Crippen molar-refractivity contribution in [1.82, 2.24) is 4.90 Å². The van der Waals surface area contributed by atoms with Crippen LogP contribution in [0.2, 0.25) is 0 Å². The maximum Gasteiger partial charge on any atom is 0.260 e. The molecule has 0 saturated carbocycles. The summed E-state index contributed by atoms with van der Waals surface area (Å²) in [5.41, 5.74) is -0.172. The maximum atomic E-state index is 12.4. The van der Waals surface area contributed by atoms with Crippen molar-refractivity contribution >= 4 is 17.5 Å². The molecule has 2 amide bonds. The van der Waals surface area contributed by atoms with Crippen LogP contribution in [0, 0.1) is 0 Å². The average molecular weight is 362 g/mol. The number of hydrogen-bond acceptors (Lipinski definition) is 4. The molecule has 0 unspecified atom stereocenters. The molecule has 0 bridgehead atoms. The van der Waals surface area contributed by atoms with Gasteiger partial charge in [-0.05, 0) is 56.9 Å². The van der Waals surface area contributed by atoms with Crippen LogP contribution in [0.5, 0.6) is 5.75 Å². The lowest BCUT2D eigenvalue weighted by Gasteiger charge is -2.26. The number of rotatable bonds is 8. The molecule has 2 rings (SSSR count). The van der Waals surface area contributed by atoms with Crippen LogP contribution in [0.3, 0.4) is 0 Å². The molecule has 144 valence electrons. The Bertz CT molecular complexity index is 596. The number of methoxy groups -OCH3 is 1. The van der Waals surface area contributed by atoms with Crippen LogP contribution in [-0.2, 0) is 14.3 Å². The molecule has 6 heteroatoms. The fraction of sp³-hybridized carbons (Fsp3) is 0.600. The number of carbonyl (C=O) groups is 2. The summed E-state index contributed by atoms with van der Waals surface area (Å²) in [4.78, 5) is 26.4. The minimum atomic E-state index is -0.842. The highest BCUT2D eigenvalue weighted by Crippen LogP contribution is 2.21. The van der Waals surface area contributed by atoms with E-state index in [9.17, 15) is 9.59 Å². The smallest absolute Gasteiger partial charge is 0.260 e. The van der Waals surface area contributed by atoms with Crippen molar-refractivity contribution in [3.63, 3.8) is 0 Å². The summed E-state index contributed by atoms with van der Waals surface area (Å²) in [5.74, 6) is 0.463. The lowest BCUT2D eigenvalue weighted by atomic mass is 9.99. The van der Waals surface area contributed by atoms with Gasteiger partial charge in [0.05, 0.1) is 0 Å². The maximum absolute atomic E-state index is 12.4. The first-order chi connectivity index (χ1) is 12.5. The minimum absolute atomic E-state index is 0.0255. The van der Waals surface area contributed by atoms with Gasteiger partial charge >= 0.3 is 0 Å². The van der Waals surface area contributed by atoms with Gasteiger partial charge in [-0.1, -0.05) is 13.3 Å². The van der Waals surface area contributed by atoms with E-state index in [-0.39, 0.29) is 18.4 Å². The second kappa shape index (κ2) is 9.57. The van der Waals surface area contributed by atoms with Crippen molar-refractivity contribution in [2.75, 3.05) is 32.1 Å². The van der Waals surface area contributed by atoms with Crippen LogP contribution < -0.4 is 10.1 Å². The molecule has 1 aliphatic rings. The largest absolute Gasteiger partial charge is 0.484 e. The highest BCUT2D eigenvalue weighted by atomic mass is 16.5. The van der Waals surface area contributed by atoms with Crippen LogP contribution in [0.25, 0.3) is 0 Å². The van der Waals surface area contributed by atoms with Gasteiger partial charge in [0.2, 0.25) is 0 Å². The van der Waals surface area contributed by atoms with E-state index in [0.29, 0.717) is 17.9 Å². The van der Waals surface area contributed by atoms with E-state index in [1.165, 1.54) is 6.42 Å². The van der Waals surface area contributed by atoms with Crippen LogP contribution in [0.4, 0.5) is 5.69 Å². The molecule has 1 atom stereocenters. The molecule has 1 aromatic carbocycles. The predicted octanol–water partition coefficient (Wildman–Crippen LogP) is 3.22. The molecule has 0 aromatic heterocycles. The Morgan fingerprint density at radius 3 is 2.38 bits per heavy atom. The molecule has 1 N–H and O–H groups in total. The summed E-state index contributed by atoms with van der Waals surface area (Å²) in [7, 11) is 1.55. The molecular weight excluding hydrogens is 332 g/mol. The van der Waals surface area contributed by atoms with Gasteiger partial charge in [0.25, 0.3) is 11.8 Å².